The highest BCUT2D eigenvalue weighted by Gasteiger charge is 2.07. The van der Waals surface area contributed by atoms with E-state index in [1.807, 2.05) is 0 Å². The van der Waals surface area contributed by atoms with Crippen LogP contribution in [0.25, 0.3) is 22.2 Å². The largest absolute Gasteiger partial charge is 0.321 e. The molecule has 3 aromatic rings. The van der Waals surface area contributed by atoms with E-state index >= 15 is 0 Å². The van der Waals surface area contributed by atoms with E-state index in [4.69, 9.17) is 0 Å². The zero-order chi connectivity index (χ0) is 12.5. The Balaban J connectivity index is 2.32. The predicted octanol–water partition coefficient (Wildman–Crippen LogP) is 2.73. The number of benzene rings is 1. The lowest BCUT2D eigenvalue weighted by Crippen LogP contribution is -2.08. The second-order valence-corrected chi connectivity index (χ2v) is 3.93. The molecule has 0 amide bonds. The van der Waals surface area contributed by atoms with Crippen LogP contribution >= 0.6 is 0 Å². The maximum absolute atomic E-state index is 13.7. The highest BCUT2D eigenvalue weighted by Crippen LogP contribution is 2.21. The number of pyridine rings is 2. The number of hydrogen-bond donors (Lipinski definition) is 1. The molecule has 1 N–H and O–H groups in total. The minimum atomic E-state index is -0.372. The van der Waals surface area contributed by atoms with E-state index < -0.39 is 0 Å². The highest BCUT2D eigenvalue weighted by molar-refractivity contribution is 5.81. The Kier molecular flexibility index (Phi) is 2.41. The molecule has 0 unspecified atom stereocenters. The molecule has 18 heavy (non-hydrogen) atoms. The fourth-order valence-corrected chi connectivity index (χ4v) is 1.91. The molecular formula is C14H9FN2O. The summed E-state index contributed by atoms with van der Waals surface area (Å²) in [5, 5.41) is 0.498. The molecular weight excluding hydrogens is 231 g/mol. The molecule has 4 heteroatoms. The minimum Gasteiger partial charge on any atom is -0.321 e. The van der Waals surface area contributed by atoms with Gasteiger partial charge < -0.3 is 4.98 Å². The van der Waals surface area contributed by atoms with Crippen molar-refractivity contribution in [1.29, 1.82) is 0 Å². The van der Waals surface area contributed by atoms with E-state index in [1.54, 1.807) is 42.6 Å². The molecule has 0 aliphatic rings. The van der Waals surface area contributed by atoms with Gasteiger partial charge in [0.05, 0.1) is 16.6 Å². The fraction of sp³-hybridized carbons (Fsp3) is 0. The lowest BCUT2D eigenvalue weighted by Gasteiger charge is -2.04. The second kappa shape index (κ2) is 4.07. The Morgan fingerprint density at radius 3 is 2.78 bits per heavy atom. The summed E-state index contributed by atoms with van der Waals surface area (Å²) in [4.78, 5) is 18.7. The predicted molar refractivity (Wildman–Crippen MR) is 67.8 cm³/mol. The molecule has 2 aromatic heterocycles. The van der Waals surface area contributed by atoms with Gasteiger partial charge in [-0.05, 0) is 30.3 Å². The molecule has 3 nitrogen and oxygen atoms in total. The Hall–Kier alpha value is -2.49. The van der Waals surface area contributed by atoms with Crippen LogP contribution in [0.5, 0.6) is 0 Å². The first kappa shape index (κ1) is 10.7. The third-order valence-electron chi connectivity index (χ3n) is 2.78. The number of H-pyrrole nitrogens is 1. The lowest BCUT2D eigenvalue weighted by molar-refractivity contribution is 0.630. The number of hydrogen-bond acceptors (Lipinski definition) is 2. The highest BCUT2D eigenvalue weighted by atomic mass is 19.1. The van der Waals surface area contributed by atoms with Gasteiger partial charge in [-0.2, -0.15) is 0 Å². The number of nitrogens with zero attached hydrogens (tertiary/aromatic N) is 1. The minimum absolute atomic E-state index is 0.265. The van der Waals surface area contributed by atoms with Crippen molar-refractivity contribution in [3.8, 4) is 11.3 Å². The monoisotopic (exact) mass is 240 g/mol. The van der Waals surface area contributed by atoms with Crippen molar-refractivity contribution in [2.24, 2.45) is 0 Å². The number of aromatic nitrogens is 2. The Bertz CT molecular complexity index is 780. The molecule has 0 spiro atoms. The summed E-state index contributed by atoms with van der Waals surface area (Å²) in [5.74, 6) is -0.372. The molecule has 2 heterocycles. The topological polar surface area (TPSA) is 45.8 Å². The van der Waals surface area contributed by atoms with Crippen molar-refractivity contribution in [1.82, 2.24) is 9.97 Å². The van der Waals surface area contributed by atoms with E-state index in [0.717, 1.165) is 0 Å². The molecule has 0 fully saturated rings. The maximum atomic E-state index is 13.7. The summed E-state index contributed by atoms with van der Waals surface area (Å²) in [6.45, 7) is 0. The third-order valence-corrected chi connectivity index (χ3v) is 2.78. The Labute approximate surface area is 102 Å². The van der Waals surface area contributed by atoms with Gasteiger partial charge in [-0.25, -0.2) is 4.39 Å². The van der Waals surface area contributed by atoms with E-state index in [-0.39, 0.29) is 11.4 Å². The molecule has 0 aliphatic heterocycles. The first-order valence-corrected chi connectivity index (χ1v) is 5.48. The third kappa shape index (κ3) is 1.68. The van der Waals surface area contributed by atoms with Gasteiger partial charge in [0, 0.05) is 11.8 Å². The van der Waals surface area contributed by atoms with Crippen molar-refractivity contribution in [2.45, 2.75) is 0 Å². The Morgan fingerprint density at radius 1 is 1.11 bits per heavy atom. The second-order valence-electron chi connectivity index (χ2n) is 3.93. The van der Waals surface area contributed by atoms with Crippen molar-refractivity contribution >= 4 is 10.9 Å². The van der Waals surface area contributed by atoms with Gasteiger partial charge in [0.25, 0.3) is 5.56 Å². The van der Waals surface area contributed by atoms with Crippen molar-refractivity contribution < 1.29 is 4.39 Å². The van der Waals surface area contributed by atoms with Crippen LogP contribution in [-0.4, -0.2) is 9.97 Å². The number of halogens is 1. The number of nitrogens with one attached hydrogen (secondary N) is 1. The van der Waals surface area contributed by atoms with Crippen LogP contribution in [0.2, 0.25) is 0 Å². The number of rotatable bonds is 1. The molecule has 3 rings (SSSR count). The molecule has 0 radical (unpaired) electrons. The van der Waals surface area contributed by atoms with Crippen LogP contribution in [0.4, 0.5) is 4.39 Å². The van der Waals surface area contributed by atoms with Gasteiger partial charge in [-0.3, -0.25) is 9.78 Å². The average molecular weight is 240 g/mol. The molecule has 88 valence electrons. The van der Waals surface area contributed by atoms with Crippen LogP contribution in [0.3, 0.4) is 0 Å². The summed E-state index contributed by atoms with van der Waals surface area (Å²) in [5.41, 5.74) is 1.09. The standard InChI is InChI=1S/C14H9FN2O/c15-11-6-2-1-4-9(11)13-8-12-10(14(18)17-13)5-3-7-16-12/h1-8H,(H,17,18). The van der Waals surface area contributed by atoms with Crippen LogP contribution in [-0.2, 0) is 0 Å². The molecule has 0 saturated heterocycles. The summed E-state index contributed by atoms with van der Waals surface area (Å²) < 4.78 is 13.7. The molecule has 0 bridgehead atoms. The van der Waals surface area contributed by atoms with Gasteiger partial charge in [0.1, 0.15) is 5.82 Å². The average Bonchev–Trinajstić information content (AvgIpc) is 2.39. The zero-order valence-corrected chi connectivity index (χ0v) is 9.35. The first-order chi connectivity index (χ1) is 8.75. The van der Waals surface area contributed by atoms with Crippen LogP contribution in [0.1, 0.15) is 0 Å². The van der Waals surface area contributed by atoms with Gasteiger partial charge in [-0.15, -0.1) is 0 Å². The van der Waals surface area contributed by atoms with Gasteiger partial charge in [0.2, 0.25) is 0 Å². The summed E-state index contributed by atoms with van der Waals surface area (Å²) in [6, 6.07) is 11.4. The summed E-state index contributed by atoms with van der Waals surface area (Å²) in [6.07, 6.45) is 1.60. The van der Waals surface area contributed by atoms with Crippen molar-refractivity contribution in [2.75, 3.05) is 0 Å². The normalized spacial score (nSPS) is 10.7. The Morgan fingerprint density at radius 2 is 1.94 bits per heavy atom. The van der Waals surface area contributed by atoms with Crippen molar-refractivity contribution in [3.63, 3.8) is 0 Å². The lowest BCUT2D eigenvalue weighted by atomic mass is 10.1. The quantitative estimate of drug-likeness (QED) is 0.710. The van der Waals surface area contributed by atoms with Gasteiger partial charge in [-0.1, -0.05) is 12.1 Å². The van der Waals surface area contributed by atoms with Crippen molar-refractivity contribution in [3.05, 3.63) is 64.8 Å². The molecule has 0 saturated carbocycles. The van der Waals surface area contributed by atoms with E-state index in [9.17, 15) is 9.18 Å². The number of fused-ring (bicyclic) bond motifs is 1. The smallest absolute Gasteiger partial charge is 0.257 e. The van der Waals surface area contributed by atoms with Gasteiger partial charge in [0.15, 0.2) is 0 Å². The first-order valence-electron chi connectivity index (χ1n) is 5.48. The fourth-order valence-electron chi connectivity index (χ4n) is 1.91. The van der Waals surface area contributed by atoms with Crippen LogP contribution < -0.4 is 5.56 Å². The number of aromatic amines is 1. The molecule has 1 aromatic carbocycles. The summed E-state index contributed by atoms with van der Waals surface area (Å²) >= 11 is 0. The SMILES string of the molecule is O=c1[nH]c(-c2ccccc2F)cc2ncccc12. The van der Waals surface area contributed by atoms with Crippen LogP contribution in [0.15, 0.2) is 53.5 Å². The van der Waals surface area contributed by atoms with Gasteiger partial charge >= 0.3 is 0 Å². The molecule has 0 atom stereocenters. The van der Waals surface area contributed by atoms with Crippen LogP contribution in [0, 0.1) is 5.82 Å². The zero-order valence-electron chi connectivity index (χ0n) is 9.35. The van der Waals surface area contributed by atoms with E-state index in [2.05, 4.69) is 9.97 Å². The molecule has 0 aliphatic carbocycles. The van der Waals surface area contributed by atoms with E-state index in [0.29, 0.717) is 22.2 Å². The maximum Gasteiger partial charge on any atom is 0.257 e. The van der Waals surface area contributed by atoms with E-state index in [1.165, 1.54) is 6.07 Å². The summed E-state index contributed by atoms with van der Waals surface area (Å²) in [7, 11) is 0.